The van der Waals surface area contributed by atoms with E-state index in [0.717, 1.165) is 14.2 Å². The molecule has 1 aromatic carbocycles. The molecule has 14 heteroatoms. The molecule has 0 aliphatic heterocycles. The number of methoxy groups -OCH3 is 3. The topological polar surface area (TPSA) is 178 Å². The van der Waals surface area contributed by atoms with Crippen LogP contribution in [0.5, 0.6) is 0 Å². The molecule has 0 spiro atoms. The number of amides is 2. The highest BCUT2D eigenvalue weighted by molar-refractivity contribution is 5.94. The number of carboxylic acid groups (broad SMARTS) is 2. The second-order valence-electron chi connectivity index (χ2n) is 6.11. The number of benzene rings is 1. The summed E-state index contributed by atoms with van der Waals surface area (Å²) in [6.45, 7) is 0.591. The molecule has 0 aromatic heterocycles. The Morgan fingerprint density at radius 2 is 1.57 bits per heavy atom. The van der Waals surface area contributed by atoms with E-state index < -0.39 is 30.0 Å². The number of hydrogen-bond acceptors (Lipinski definition) is 10. The summed E-state index contributed by atoms with van der Waals surface area (Å²) < 4.78 is 30.6. The van der Waals surface area contributed by atoms with Crippen LogP contribution in [-0.2, 0) is 28.5 Å². The van der Waals surface area contributed by atoms with E-state index in [1.807, 2.05) is 5.32 Å². The van der Waals surface area contributed by atoms with Gasteiger partial charge < -0.3 is 34.1 Å². The summed E-state index contributed by atoms with van der Waals surface area (Å²) in [6, 6.07) is 5.07. The maximum atomic E-state index is 12.8. The van der Waals surface area contributed by atoms with Crippen LogP contribution in [0.2, 0.25) is 0 Å². The molecule has 196 valence electrons. The van der Waals surface area contributed by atoms with E-state index in [-0.39, 0.29) is 18.3 Å². The lowest BCUT2D eigenvalue weighted by Gasteiger charge is -2.19. The normalized spacial score (nSPS) is 10.3. The smallest absolute Gasteiger partial charge is 0.459 e. The largest absolute Gasteiger partial charge is 0.505 e. The van der Waals surface area contributed by atoms with E-state index in [2.05, 4.69) is 9.47 Å². The number of imide groups is 1. The zero-order chi connectivity index (χ0) is 27.2. The first-order valence-corrected chi connectivity index (χ1v) is 9.62. The first-order valence-electron chi connectivity index (χ1n) is 9.62. The Labute approximate surface area is 201 Å². The van der Waals surface area contributed by atoms with Crippen molar-refractivity contribution in [2.45, 2.75) is 12.5 Å². The SMILES string of the molecule is COC(=O)O.COC(=O)O.COC(CCN(C)/C=C\C(=O)NC=O)COC(=O)c1ccc(F)cc1. The molecular formula is C21H29FN2O11. The van der Waals surface area contributed by atoms with Gasteiger partial charge in [0.2, 0.25) is 6.41 Å². The van der Waals surface area contributed by atoms with Crippen molar-refractivity contribution < 1.29 is 57.5 Å². The summed E-state index contributed by atoms with van der Waals surface area (Å²) in [5, 5.41) is 17.0. The quantitative estimate of drug-likeness (QED) is 0.182. The van der Waals surface area contributed by atoms with Crippen LogP contribution >= 0.6 is 0 Å². The monoisotopic (exact) mass is 504 g/mol. The van der Waals surface area contributed by atoms with Crippen molar-refractivity contribution in [3.05, 3.63) is 47.9 Å². The number of esters is 1. The predicted octanol–water partition coefficient (Wildman–Crippen LogP) is 1.73. The molecule has 1 atom stereocenters. The predicted molar refractivity (Wildman–Crippen MR) is 118 cm³/mol. The third kappa shape index (κ3) is 20.2. The van der Waals surface area contributed by atoms with Gasteiger partial charge in [0, 0.05) is 33.0 Å². The van der Waals surface area contributed by atoms with Crippen molar-refractivity contribution in [2.24, 2.45) is 0 Å². The van der Waals surface area contributed by atoms with Crippen LogP contribution in [0.3, 0.4) is 0 Å². The lowest BCUT2D eigenvalue weighted by atomic mass is 10.2. The number of carbonyl (C=O) groups is 5. The first kappa shape index (κ1) is 33.0. The van der Waals surface area contributed by atoms with E-state index in [1.165, 1.54) is 43.7 Å². The Morgan fingerprint density at radius 3 is 2.00 bits per heavy atom. The molecular weight excluding hydrogens is 475 g/mol. The second kappa shape index (κ2) is 20.4. The zero-order valence-corrected chi connectivity index (χ0v) is 19.6. The van der Waals surface area contributed by atoms with Crippen LogP contribution in [0.15, 0.2) is 36.5 Å². The van der Waals surface area contributed by atoms with Crippen molar-refractivity contribution in [1.29, 1.82) is 0 Å². The van der Waals surface area contributed by atoms with Crippen molar-refractivity contribution in [3.8, 4) is 0 Å². The molecule has 1 unspecified atom stereocenters. The van der Waals surface area contributed by atoms with Crippen molar-refractivity contribution >= 4 is 30.6 Å². The summed E-state index contributed by atoms with van der Waals surface area (Å²) in [4.78, 5) is 53.1. The van der Waals surface area contributed by atoms with E-state index in [9.17, 15) is 18.8 Å². The Balaban J connectivity index is 0. The first-order chi connectivity index (χ1) is 16.5. The number of ether oxygens (including phenoxy) is 4. The molecule has 3 N–H and O–H groups in total. The second-order valence-corrected chi connectivity index (χ2v) is 6.11. The van der Waals surface area contributed by atoms with Gasteiger partial charge in [0.15, 0.2) is 0 Å². The Morgan fingerprint density at radius 1 is 1.06 bits per heavy atom. The van der Waals surface area contributed by atoms with Crippen LogP contribution in [0.4, 0.5) is 14.0 Å². The molecule has 0 aliphatic rings. The molecule has 0 bridgehead atoms. The van der Waals surface area contributed by atoms with Gasteiger partial charge in [-0.25, -0.2) is 18.8 Å². The number of hydrogen-bond donors (Lipinski definition) is 3. The molecule has 0 radical (unpaired) electrons. The highest BCUT2D eigenvalue weighted by Crippen LogP contribution is 2.07. The average Bonchev–Trinajstić information content (AvgIpc) is 2.84. The van der Waals surface area contributed by atoms with Gasteiger partial charge in [0.05, 0.1) is 25.9 Å². The lowest BCUT2D eigenvalue weighted by molar-refractivity contribution is -0.121. The van der Waals surface area contributed by atoms with E-state index in [1.54, 1.807) is 11.9 Å². The van der Waals surface area contributed by atoms with Crippen molar-refractivity contribution in [1.82, 2.24) is 10.2 Å². The molecule has 2 amide bonds. The minimum absolute atomic E-state index is 0.0515. The van der Waals surface area contributed by atoms with Gasteiger partial charge >= 0.3 is 18.3 Å². The molecule has 0 fully saturated rings. The fourth-order valence-electron chi connectivity index (χ4n) is 1.83. The van der Waals surface area contributed by atoms with Crippen LogP contribution in [0.25, 0.3) is 0 Å². The Bertz CT molecular complexity index is 802. The third-order valence-electron chi connectivity index (χ3n) is 3.65. The molecule has 0 aliphatic carbocycles. The van der Waals surface area contributed by atoms with Gasteiger partial charge in [-0.05, 0) is 30.7 Å². The minimum Gasteiger partial charge on any atom is -0.459 e. The maximum absolute atomic E-state index is 12.8. The number of rotatable bonds is 10. The van der Waals surface area contributed by atoms with Gasteiger partial charge in [0.1, 0.15) is 12.4 Å². The molecule has 0 heterocycles. The molecule has 1 aromatic rings. The van der Waals surface area contributed by atoms with Crippen LogP contribution in [0, 0.1) is 5.82 Å². The van der Waals surface area contributed by atoms with Gasteiger partial charge in [-0.1, -0.05) is 0 Å². The fourth-order valence-corrected chi connectivity index (χ4v) is 1.83. The molecule has 35 heavy (non-hydrogen) atoms. The average molecular weight is 504 g/mol. The van der Waals surface area contributed by atoms with E-state index >= 15 is 0 Å². The van der Waals surface area contributed by atoms with E-state index in [0.29, 0.717) is 19.4 Å². The highest BCUT2D eigenvalue weighted by Gasteiger charge is 2.13. The van der Waals surface area contributed by atoms with E-state index in [4.69, 9.17) is 29.3 Å². The Hall–Kier alpha value is -4.20. The van der Waals surface area contributed by atoms with Crippen molar-refractivity contribution in [3.63, 3.8) is 0 Å². The molecule has 1 rings (SSSR count). The summed E-state index contributed by atoms with van der Waals surface area (Å²) >= 11 is 0. The maximum Gasteiger partial charge on any atom is 0.505 e. The van der Waals surface area contributed by atoms with Crippen molar-refractivity contribution in [2.75, 3.05) is 41.5 Å². The van der Waals surface area contributed by atoms with Gasteiger partial charge in [-0.2, -0.15) is 0 Å². The Kier molecular flexibility index (Phi) is 19.2. The van der Waals surface area contributed by atoms with Gasteiger partial charge in [-0.3, -0.25) is 14.9 Å². The van der Waals surface area contributed by atoms with Gasteiger partial charge in [0.25, 0.3) is 5.91 Å². The number of nitrogens with one attached hydrogen (secondary N) is 1. The third-order valence-corrected chi connectivity index (χ3v) is 3.65. The summed E-state index contributed by atoms with van der Waals surface area (Å²) in [7, 11) is 5.45. The fraction of sp³-hybridized carbons (Fsp3) is 0.381. The standard InChI is InChI=1S/C17H21FN2O5.2C2H4O3/c1-20(10-8-16(22)19-12-21)9-7-15(24-2)11-25-17(23)13-3-5-14(18)6-4-13;2*1-5-2(3)4/h3-6,8,10,12,15H,7,9,11H2,1-2H3,(H,19,21,22);2*1H3,(H,3,4)/b10-8-;;. The molecule has 13 nitrogen and oxygen atoms in total. The highest BCUT2D eigenvalue weighted by atomic mass is 19.1. The minimum atomic E-state index is -1.25. The molecule has 0 saturated carbocycles. The summed E-state index contributed by atoms with van der Waals surface area (Å²) in [6.07, 6.45) is 0.784. The van der Waals surface area contributed by atoms with Gasteiger partial charge in [-0.15, -0.1) is 0 Å². The zero-order valence-electron chi connectivity index (χ0n) is 19.6. The summed E-state index contributed by atoms with van der Waals surface area (Å²) in [5.41, 5.74) is 0.262. The number of carbonyl (C=O) groups excluding carboxylic acids is 3. The number of nitrogens with zero attached hydrogens (tertiary/aromatic N) is 1. The summed E-state index contributed by atoms with van der Waals surface area (Å²) in [5.74, 6) is -1.50. The van der Waals surface area contributed by atoms with Crippen LogP contribution in [0.1, 0.15) is 16.8 Å². The number of halogens is 1. The lowest BCUT2D eigenvalue weighted by Crippen LogP contribution is -2.26. The van der Waals surface area contributed by atoms with Crippen LogP contribution in [-0.4, -0.2) is 93.3 Å². The molecule has 0 saturated heterocycles. The van der Waals surface area contributed by atoms with Crippen LogP contribution < -0.4 is 5.32 Å².